The van der Waals surface area contributed by atoms with Crippen molar-refractivity contribution in [1.29, 1.82) is 0 Å². The van der Waals surface area contributed by atoms with Gasteiger partial charge in [0.1, 0.15) is 5.76 Å². The van der Waals surface area contributed by atoms with E-state index < -0.39 is 0 Å². The second kappa shape index (κ2) is 3.07. The molecule has 10 heavy (non-hydrogen) atoms. The minimum absolute atomic E-state index is 0.872. The van der Waals surface area contributed by atoms with Gasteiger partial charge in [-0.25, -0.2) is 0 Å². The molecule has 0 radical (unpaired) electrons. The number of nitrogens with zero attached hydrogens (tertiary/aromatic N) is 1. The van der Waals surface area contributed by atoms with E-state index in [0.717, 1.165) is 16.3 Å². The van der Waals surface area contributed by atoms with Crippen LogP contribution in [-0.4, -0.2) is 12.2 Å². The van der Waals surface area contributed by atoms with Crippen LogP contribution in [0.4, 0.5) is 0 Å². The third kappa shape index (κ3) is 1.33. The van der Waals surface area contributed by atoms with Gasteiger partial charge in [0.2, 0.25) is 0 Å². The molecule has 0 amide bonds. The Balaban J connectivity index is 2.87. The van der Waals surface area contributed by atoms with Crippen LogP contribution in [0.1, 0.15) is 11.5 Å². The summed E-state index contributed by atoms with van der Waals surface area (Å²) in [6.07, 6.45) is 0. The molecule has 1 N–H and O–H groups in total. The SMILES string of the molecule is CNSc1c(C)noc1C. The first-order valence-corrected chi connectivity index (χ1v) is 3.84. The fourth-order valence-corrected chi connectivity index (χ4v) is 1.29. The number of nitrogens with one attached hydrogen (secondary N) is 1. The van der Waals surface area contributed by atoms with Crippen LogP contribution < -0.4 is 4.72 Å². The lowest BCUT2D eigenvalue weighted by atomic mass is 10.4. The molecule has 0 bridgehead atoms. The summed E-state index contributed by atoms with van der Waals surface area (Å²) in [6.45, 7) is 3.83. The van der Waals surface area contributed by atoms with Gasteiger partial charge in [-0.15, -0.1) is 0 Å². The molecular formula is C6H10N2OS. The van der Waals surface area contributed by atoms with E-state index >= 15 is 0 Å². The van der Waals surface area contributed by atoms with E-state index in [2.05, 4.69) is 9.88 Å². The van der Waals surface area contributed by atoms with Crippen molar-refractivity contribution < 1.29 is 4.52 Å². The van der Waals surface area contributed by atoms with Gasteiger partial charge >= 0.3 is 0 Å². The predicted molar refractivity (Wildman–Crippen MR) is 40.9 cm³/mol. The van der Waals surface area contributed by atoms with Crippen LogP contribution in [0, 0.1) is 13.8 Å². The molecule has 0 fully saturated rings. The second-order valence-electron chi connectivity index (χ2n) is 1.96. The molecule has 3 nitrogen and oxygen atoms in total. The van der Waals surface area contributed by atoms with Crippen molar-refractivity contribution in [2.24, 2.45) is 0 Å². The van der Waals surface area contributed by atoms with Crippen molar-refractivity contribution in [2.75, 3.05) is 7.05 Å². The molecule has 1 aromatic rings. The molecule has 0 atom stereocenters. The topological polar surface area (TPSA) is 38.1 Å². The lowest BCUT2D eigenvalue weighted by Crippen LogP contribution is -1.91. The normalized spacial score (nSPS) is 10.3. The fourth-order valence-electron chi connectivity index (χ4n) is 0.722. The van der Waals surface area contributed by atoms with Crippen molar-refractivity contribution in [3.8, 4) is 0 Å². The van der Waals surface area contributed by atoms with Crippen LogP contribution in [0.2, 0.25) is 0 Å². The number of rotatable bonds is 2. The first-order chi connectivity index (χ1) is 4.75. The third-order valence-electron chi connectivity index (χ3n) is 1.17. The average Bonchev–Trinajstić information content (AvgIpc) is 2.20. The van der Waals surface area contributed by atoms with Crippen molar-refractivity contribution in [2.45, 2.75) is 18.7 Å². The van der Waals surface area contributed by atoms with Crippen LogP contribution in [0.15, 0.2) is 9.42 Å². The summed E-state index contributed by atoms with van der Waals surface area (Å²) >= 11 is 1.53. The maximum atomic E-state index is 4.94. The van der Waals surface area contributed by atoms with E-state index in [9.17, 15) is 0 Å². The van der Waals surface area contributed by atoms with E-state index in [4.69, 9.17) is 4.52 Å². The Morgan fingerprint density at radius 2 is 2.20 bits per heavy atom. The summed E-state index contributed by atoms with van der Waals surface area (Å²) in [5.74, 6) is 0.872. The molecule has 0 unspecified atom stereocenters. The van der Waals surface area contributed by atoms with E-state index in [0.29, 0.717) is 0 Å². The van der Waals surface area contributed by atoms with Gasteiger partial charge < -0.3 is 4.52 Å². The molecule has 0 aliphatic rings. The highest BCUT2D eigenvalue weighted by molar-refractivity contribution is 7.97. The zero-order valence-corrected chi connectivity index (χ0v) is 7.08. The van der Waals surface area contributed by atoms with Crippen molar-refractivity contribution in [1.82, 2.24) is 9.88 Å². The van der Waals surface area contributed by atoms with Crippen LogP contribution in [0.3, 0.4) is 0 Å². The predicted octanol–water partition coefficient (Wildman–Crippen LogP) is 1.52. The number of aromatic nitrogens is 1. The summed E-state index contributed by atoms with van der Waals surface area (Å²) < 4.78 is 7.91. The van der Waals surface area contributed by atoms with E-state index in [1.165, 1.54) is 11.9 Å². The number of hydrogen-bond acceptors (Lipinski definition) is 4. The quantitative estimate of drug-likeness (QED) is 0.662. The number of aryl methyl sites for hydroxylation is 2. The van der Waals surface area contributed by atoms with Gasteiger partial charge in [-0.1, -0.05) is 5.16 Å². The average molecular weight is 158 g/mol. The summed E-state index contributed by atoms with van der Waals surface area (Å²) in [6, 6.07) is 0. The highest BCUT2D eigenvalue weighted by atomic mass is 32.2. The van der Waals surface area contributed by atoms with Gasteiger partial charge in [0, 0.05) is 0 Å². The van der Waals surface area contributed by atoms with Gasteiger partial charge in [-0.05, 0) is 32.8 Å². The Bertz CT molecular complexity index is 202. The molecule has 4 heteroatoms. The Morgan fingerprint density at radius 3 is 2.60 bits per heavy atom. The first-order valence-electron chi connectivity index (χ1n) is 3.02. The lowest BCUT2D eigenvalue weighted by molar-refractivity contribution is 0.391. The molecular weight excluding hydrogens is 148 g/mol. The molecule has 1 rings (SSSR count). The molecule has 0 spiro atoms. The highest BCUT2D eigenvalue weighted by Gasteiger charge is 2.07. The molecule has 0 saturated carbocycles. The maximum Gasteiger partial charge on any atom is 0.148 e. The summed E-state index contributed by atoms with van der Waals surface area (Å²) in [5, 5.41) is 3.80. The lowest BCUT2D eigenvalue weighted by Gasteiger charge is -1.93. The van der Waals surface area contributed by atoms with Gasteiger partial charge in [0.05, 0.1) is 10.6 Å². The molecule has 56 valence electrons. The minimum atomic E-state index is 0.872. The van der Waals surface area contributed by atoms with Crippen LogP contribution in [0.5, 0.6) is 0 Å². The van der Waals surface area contributed by atoms with E-state index in [1.807, 2.05) is 20.9 Å². The van der Waals surface area contributed by atoms with Gasteiger partial charge in [-0.3, -0.25) is 4.72 Å². The summed E-state index contributed by atoms with van der Waals surface area (Å²) in [4.78, 5) is 1.09. The second-order valence-corrected chi connectivity index (χ2v) is 2.98. The molecule has 1 heterocycles. The van der Waals surface area contributed by atoms with E-state index in [-0.39, 0.29) is 0 Å². The number of hydrogen-bond donors (Lipinski definition) is 1. The minimum Gasteiger partial charge on any atom is -0.360 e. The van der Waals surface area contributed by atoms with Crippen molar-refractivity contribution in [3.05, 3.63) is 11.5 Å². The zero-order valence-electron chi connectivity index (χ0n) is 6.26. The monoisotopic (exact) mass is 158 g/mol. The highest BCUT2D eigenvalue weighted by Crippen LogP contribution is 2.22. The Labute approximate surface area is 64.3 Å². The molecule has 0 saturated heterocycles. The molecule has 0 aliphatic heterocycles. The Morgan fingerprint density at radius 1 is 1.50 bits per heavy atom. The Hall–Kier alpha value is -0.480. The molecule has 0 aromatic carbocycles. The van der Waals surface area contributed by atoms with Crippen LogP contribution in [-0.2, 0) is 0 Å². The largest absolute Gasteiger partial charge is 0.360 e. The standard InChI is InChI=1S/C6H10N2OS/c1-4-6(10-7-3)5(2)9-8-4/h7H,1-3H3. The summed E-state index contributed by atoms with van der Waals surface area (Å²) in [5.41, 5.74) is 0.942. The van der Waals surface area contributed by atoms with Crippen LogP contribution in [0.25, 0.3) is 0 Å². The van der Waals surface area contributed by atoms with Gasteiger partial charge in [-0.2, -0.15) is 0 Å². The molecule has 0 aliphatic carbocycles. The van der Waals surface area contributed by atoms with Crippen molar-refractivity contribution in [3.63, 3.8) is 0 Å². The maximum absolute atomic E-state index is 4.94. The third-order valence-corrected chi connectivity index (χ3v) is 2.16. The van der Waals surface area contributed by atoms with Gasteiger partial charge in [0.15, 0.2) is 0 Å². The van der Waals surface area contributed by atoms with Crippen LogP contribution >= 0.6 is 11.9 Å². The first kappa shape index (κ1) is 7.63. The van der Waals surface area contributed by atoms with Gasteiger partial charge in [0.25, 0.3) is 0 Å². The zero-order chi connectivity index (χ0) is 7.56. The fraction of sp³-hybridized carbons (Fsp3) is 0.500. The molecule has 1 aromatic heterocycles. The smallest absolute Gasteiger partial charge is 0.148 e. The Kier molecular flexibility index (Phi) is 2.34. The van der Waals surface area contributed by atoms with Crippen molar-refractivity contribution >= 4 is 11.9 Å². The van der Waals surface area contributed by atoms with E-state index in [1.54, 1.807) is 0 Å². The summed E-state index contributed by atoms with van der Waals surface area (Å²) in [7, 11) is 1.87.